The van der Waals surface area contributed by atoms with Crippen molar-refractivity contribution in [3.05, 3.63) is 51.9 Å². The van der Waals surface area contributed by atoms with Crippen LogP contribution in [0.2, 0.25) is 0 Å². The summed E-state index contributed by atoms with van der Waals surface area (Å²) in [4.78, 5) is 0.0494. The lowest BCUT2D eigenvalue weighted by molar-refractivity contribution is 0.244. The van der Waals surface area contributed by atoms with Crippen LogP contribution >= 0.6 is 15.9 Å². The van der Waals surface area contributed by atoms with E-state index in [0.29, 0.717) is 0 Å². The summed E-state index contributed by atoms with van der Waals surface area (Å²) < 4.78 is 33.4. The Morgan fingerprint density at radius 2 is 2.10 bits per heavy atom. The molecule has 1 aromatic heterocycles. The van der Waals surface area contributed by atoms with E-state index in [1.807, 2.05) is 24.3 Å². The van der Waals surface area contributed by atoms with Gasteiger partial charge in [0, 0.05) is 16.6 Å². The highest BCUT2D eigenvalue weighted by atomic mass is 79.9. The molecule has 2 aromatic rings. The minimum Gasteiger partial charge on any atom is -0.462 e. The topological polar surface area (TPSA) is 79.5 Å². The van der Waals surface area contributed by atoms with Gasteiger partial charge in [-0.05, 0) is 31.5 Å². The smallest absolute Gasteiger partial charge is 0.244 e. The average molecular weight is 374 g/mol. The lowest BCUT2D eigenvalue weighted by Crippen LogP contribution is -2.27. The quantitative estimate of drug-likeness (QED) is 0.844. The van der Waals surface area contributed by atoms with E-state index in [4.69, 9.17) is 9.52 Å². The van der Waals surface area contributed by atoms with Crippen molar-refractivity contribution >= 4 is 26.0 Å². The largest absolute Gasteiger partial charge is 0.462 e. The molecule has 0 bridgehead atoms. The fraction of sp³-hybridized carbons (Fsp3) is 0.286. The SMILES string of the molecule is Cc1oc(CO)cc1S(=O)(=O)NC(C)c1cccc(Br)c1. The van der Waals surface area contributed by atoms with E-state index in [-0.39, 0.29) is 29.1 Å². The second-order valence-corrected chi connectivity index (χ2v) is 7.29. The summed E-state index contributed by atoms with van der Waals surface area (Å²) in [5.74, 6) is 0.482. The summed E-state index contributed by atoms with van der Waals surface area (Å²) in [6.45, 7) is 2.98. The maximum atomic E-state index is 12.4. The molecule has 0 spiro atoms. The number of aliphatic hydroxyl groups excluding tert-OH is 1. The number of hydrogen-bond acceptors (Lipinski definition) is 4. The van der Waals surface area contributed by atoms with Gasteiger partial charge in [-0.25, -0.2) is 13.1 Å². The first kappa shape index (κ1) is 16.2. The Morgan fingerprint density at radius 3 is 2.67 bits per heavy atom. The van der Waals surface area contributed by atoms with Crippen LogP contribution in [0.15, 0.2) is 44.1 Å². The zero-order chi connectivity index (χ0) is 15.6. The molecule has 1 aromatic carbocycles. The van der Waals surface area contributed by atoms with Crippen molar-refractivity contribution in [1.29, 1.82) is 0 Å². The van der Waals surface area contributed by atoms with Crippen molar-refractivity contribution < 1.29 is 17.9 Å². The van der Waals surface area contributed by atoms with E-state index in [1.165, 1.54) is 6.07 Å². The second kappa shape index (κ2) is 6.31. The fourth-order valence-corrected chi connectivity index (χ4v) is 3.86. The summed E-state index contributed by atoms with van der Waals surface area (Å²) in [6.07, 6.45) is 0. The van der Waals surface area contributed by atoms with E-state index in [9.17, 15) is 8.42 Å². The van der Waals surface area contributed by atoms with Gasteiger partial charge in [-0.15, -0.1) is 0 Å². The van der Waals surface area contributed by atoms with E-state index in [2.05, 4.69) is 20.7 Å². The van der Waals surface area contributed by atoms with Crippen molar-refractivity contribution in [3.8, 4) is 0 Å². The van der Waals surface area contributed by atoms with Crippen LogP contribution in [0.1, 0.15) is 30.0 Å². The van der Waals surface area contributed by atoms with Crippen LogP contribution in [-0.4, -0.2) is 13.5 Å². The third kappa shape index (κ3) is 3.74. The molecular weight excluding hydrogens is 358 g/mol. The van der Waals surface area contributed by atoms with Crippen LogP contribution < -0.4 is 4.72 Å². The molecule has 1 unspecified atom stereocenters. The third-order valence-corrected chi connectivity index (χ3v) is 5.19. The van der Waals surface area contributed by atoms with E-state index >= 15 is 0 Å². The van der Waals surface area contributed by atoms with Gasteiger partial charge in [-0.2, -0.15) is 0 Å². The standard InChI is InChI=1S/C14H16BrNO4S/c1-9(11-4-3-5-12(15)6-11)16-21(18,19)14-7-13(8-17)20-10(14)2/h3-7,9,16-17H,8H2,1-2H3. The third-order valence-electron chi connectivity index (χ3n) is 3.05. The van der Waals surface area contributed by atoms with Crippen LogP contribution in [0.5, 0.6) is 0 Å². The number of halogens is 1. The maximum Gasteiger partial charge on any atom is 0.244 e. The molecular formula is C14H16BrNO4S. The van der Waals surface area contributed by atoms with Gasteiger partial charge in [0.15, 0.2) is 0 Å². The Kier molecular flexibility index (Phi) is 4.88. The Balaban J connectivity index is 2.26. The molecule has 0 aliphatic heterocycles. The summed E-state index contributed by atoms with van der Waals surface area (Å²) >= 11 is 3.36. The average Bonchev–Trinajstić information content (AvgIpc) is 2.80. The van der Waals surface area contributed by atoms with Crippen LogP contribution in [0, 0.1) is 6.92 Å². The first-order valence-corrected chi connectivity index (χ1v) is 8.59. The second-order valence-electron chi connectivity index (χ2n) is 4.69. The molecule has 0 saturated carbocycles. The van der Waals surface area contributed by atoms with Gasteiger partial charge < -0.3 is 9.52 Å². The predicted molar refractivity (Wildman–Crippen MR) is 82.2 cm³/mol. The molecule has 1 atom stereocenters. The lowest BCUT2D eigenvalue weighted by atomic mass is 10.1. The van der Waals surface area contributed by atoms with Gasteiger partial charge in [0.05, 0.1) is 0 Å². The minimum absolute atomic E-state index is 0.0494. The number of benzene rings is 1. The van der Waals surface area contributed by atoms with Crippen molar-refractivity contribution in [2.75, 3.05) is 0 Å². The number of nitrogens with one attached hydrogen (secondary N) is 1. The van der Waals surface area contributed by atoms with Gasteiger partial charge in [0.2, 0.25) is 10.0 Å². The van der Waals surface area contributed by atoms with Crippen molar-refractivity contribution in [1.82, 2.24) is 4.72 Å². The van der Waals surface area contributed by atoms with Gasteiger partial charge in [0.1, 0.15) is 23.0 Å². The fourth-order valence-electron chi connectivity index (χ4n) is 2.01. The van der Waals surface area contributed by atoms with Crippen LogP contribution in [0.3, 0.4) is 0 Å². The zero-order valence-electron chi connectivity index (χ0n) is 11.6. The highest BCUT2D eigenvalue weighted by molar-refractivity contribution is 9.10. The zero-order valence-corrected chi connectivity index (χ0v) is 14.0. The molecule has 0 radical (unpaired) electrons. The molecule has 1 heterocycles. The van der Waals surface area contributed by atoms with Crippen LogP contribution in [-0.2, 0) is 16.6 Å². The molecule has 21 heavy (non-hydrogen) atoms. The molecule has 0 fully saturated rings. The molecule has 5 nitrogen and oxygen atoms in total. The van der Waals surface area contributed by atoms with E-state index < -0.39 is 10.0 Å². The number of aliphatic hydroxyl groups is 1. The first-order chi connectivity index (χ1) is 9.83. The summed E-state index contributed by atoms with van der Waals surface area (Å²) in [7, 11) is -3.71. The number of sulfonamides is 1. The Bertz CT molecular complexity index is 739. The number of rotatable bonds is 5. The summed E-state index contributed by atoms with van der Waals surface area (Å²) in [5.41, 5.74) is 0.844. The summed E-state index contributed by atoms with van der Waals surface area (Å²) in [5, 5.41) is 9.02. The van der Waals surface area contributed by atoms with E-state index in [0.717, 1.165) is 10.0 Å². The Hall–Kier alpha value is -1.15. The molecule has 0 amide bonds. The van der Waals surface area contributed by atoms with E-state index in [1.54, 1.807) is 13.8 Å². The highest BCUT2D eigenvalue weighted by Gasteiger charge is 2.23. The molecule has 7 heteroatoms. The molecule has 2 N–H and O–H groups in total. The Morgan fingerprint density at radius 1 is 1.38 bits per heavy atom. The predicted octanol–water partition coefficient (Wildman–Crippen LogP) is 2.88. The van der Waals surface area contributed by atoms with Crippen LogP contribution in [0.25, 0.3) is 0 Å². The van der Waals surface area contributed by atoms with Crippen LogP contribution in [0.4, 0.5) is 0 Å². The summed E-state index contributed by atoms with van der Waals surface area (Å²) in [6, 6.07) is 8.37. The Labute approximate surface area is 132 Å². The minimum atomic E-state index is -3.71. The van der Waals surface area contributed by atoms with Crippen molar-refractivity contribution in [2.24, 2.45) is 0 Å². The number of hydrogen-bond donors (Lipinski definition) is 2. The molecule has 0 aliphatic carbocycles. The van der Waals surface area contributed by atoms with Gasteiger partial charge in [-0.1, -0.05) is 28.1 Å². The monoisotopic (exact) mass is 373 g/mol. The van der Waals surface area contributed by atoms with Gasteiger partial charge >= 0.3 is 0 Å². The molecule has 0 saturated heterocycles. The number of furan rings is 1. The van der Waals surface area contributed by atoms with Gasteiger partial charge in [0.25, 0.3) is 0 Å². The molecule has 114 valence electrons. The normalized spacial score (nSPS) is 13.3. The molecule has 2 rings (SSSR count). The molecule has 0 aliphatic rings. The number of aryl methyl sites for hydroxylation is 1. The highest BCUT2D eigenvalue weighted by Crippen LogP contribution is 2.23. The van der Waals surface area contributed by atoms with Crippen molar-refractivity contribution in [3.63, 3.8) is 0 Å². The van der Waals surface area contributed by atoms with Gasteiger partial charge in [-0.3, -0.25) is 0 Å². The first-order valence-electron chi connectivity index (χ1n) is 6.31. The van der Waals surface area contributed by atoms with Crippen molar-refractivity contribution in [2.45, 2.75) is 31.4 Å². The lowest BCUT2D eigenvalue weighted by Gasteiger charge is -2.14. The maximum absolute atomic E-state index is 12.4.